The normalized spacial score (nSPS) is 17.9. The van der Waals surface area contributed by atoms with E-state index in [2.05, 4.69) is 30.6 Å². The molecule has 2 unspecified atom stereocenters. The third-order valence-corrected chi connectivity index (χ3v) is 7.33. The first-order valence-corrected chi connectivity index (χ1v) is 13.0. The van der Waals surface area contributed by atoms with E-state index in [4.69, 9.17) is 9.47 Å². The molecule has 0 radical (unpaired) electrons. The Balaban J connectivity index is 1.30. The molecule has 1 saturated heterocycles. The van der Waals surface area contributed by atoms with Crippen molar-refractivity contribution in [3.8, 4) is 16.2 Å². The number of hydrogen-bond donors (Lipinski definition) is 2. The molecule has 4 aromatic heterocycles. The summed E-state index contributed by atoms with van der Waals surface area (Å²) in [6.07, 6.45) is 8.50. The van der Waals surface area contributed by atoms with Gasteiger partial charge in [-0.1, -0.05) is 0 Å². The summed E-state index contributed by atoms with van der Waals surface area (Å²) in [7, 11) is 1.60. The molecule has 5 heterocycles. The predicted octanol–water partition coefficient (Wildman–Crippen LogP) is 3.47. The molecule has 198 valence electrons. The number of aryl methyl sites for hydroxylation is 1. The van der Waals surface area contributed by atoms with E-state index in [1.54, 1.807) is 49.3 Å². The molecule has 2 N–H and O–H groups in total. The van der Waals surface area contributed by atoms with E-state index in [0.29, 0.717) is 46.3 Å². The molecule has 0 spiro atoms. The van der Waals surface area contributed by atoms with Gasteiger partial charge in [-0.15, -0.1) is 11.3 Å². The van der Waals surface area contributed by atoms with E-state index >= 15 is 0 Å². The minimum absolute atomic E-state index is 0.0792. The summed E-state index contributed by atoms with van der Waals surface area (Å²) in [5, 5.41) is 10.2. The Hall–Kier alpha value is -3.87. The van der Waals surface area contributed by atoms with Crippen molar-refractivity contribution in [2.75, 3.05) is 37.4 Å². The first kappa shape index (κ1) is 25.8. The van der Waals surface area contributed by atoms with Gasteiger partial charge in [0.1, 0.15) is 10.6 Å². The molecule has 0 saturated carbocycles. The number of morpholine rings is 1. The molecule has 0 aliphatic carbocycles. The highest BCUT2D eigenvalue weighted by molar-refractivity contribution is 7.21. The minimum Gasteiger partial charge on any atom is -0.496 e. The number of nitrogens with one attached hydrogen (secondary N) is 2. The fourth-order valence-corrected chi connectivity index (χ4v) is 5.62. The number of carbonyl (C=O) groups is 2. The molecule has 38 heavy (non-hydrogen) atoms. The van der Waals surface area contributed by atoms with E-state index < -0.39 is 0 Å². The number of methoxy groups -OCH3 is 1. The zero-order valence-corrected chi connectivity index (χ0v) is 22.4. The van der Waals surface area contributed by atoms with Crippen LogP contribution in [-0.4, -0.2) is 75.2 Å². The average molecular weight is 536 g/mol. The van der Waals surface area contributed by atoms with Crippen LogP contribution in [0.1, 0.15) is 29.9 Å². The SMILES string of the molecule is COc1ccncc1-c1cn2ncc(C(=O)Nc3cc(NC(=O)CN4CC(C)OC(C)C4)cnc3C)c2s1. The van der Waals surface area contributed by atoms with Crippen LogP contribution in [-0.2, 0) is 9.53 Å². The number of fused-ring (bicyclic) bond motifs is 1. The quantitative estimate of drug-likeness (QED) is 0.369. The summed E-state index contributed by atoms with van der Waals surface area (Å²) in [5.74, 6) is 0.217. The van der Waals surface area contributed by atoms with Crippen LogP contribution in [0.3, 0.4) is 0 Å². The number of aromatic nitrogens is 4. The molecule has 1 fully saturated rings. The highest BCUT2D eigenvalue weighted by Gasteiger charge is 2.24. The molecule has 2 atom stereocenters. The molecular weight excluding hydrogens is 506 g/mol. The van der Waals surface area contributed by atoms with Crippen LogP contribution in [0.5, 0.6) is 5.75 Å². The van der Waals surface area contributed by atoms with Crippen LogP contribution in [0.25, 0.3) is 15.3 Å². The zero-order valence-electron chi connectivity index (χ0n) is 21.6. The standard InChI is InChI=1S/C26H29N7O4S/c1-15-11-32(12-16(2)37-15)14-24(34)30-18-7-21(17(3)28-8-18)31-25(35)20-10-29-33-13-23(38-26(20)33)19-9-27-6-5-22(19)36-4/h5-10,13,15-16H,11-12,14H2,1-4H3,(H,30,34)(H,31,35). The molecular formula is C26H29N7O4S. The second kappa shape index (κ2) is 10.9. The van der Waals surface area contributed by atoms with Gasteiger partial charge >= 0.3 is 0 Å². The van der Waals surface area contributed by atoms with Crippen LogP contribution >= 0.6 is 11.3 Å². The molecule has 2 amide bonds. The van der Waals surface area contributed by atoms with E-state index in [9.17, 15) is 9.59 Å². The molecule has 4 aromatic rings. The Morgan fingerprint density at radius 3 is 2.74 bits per heavy atom. The highest BCUT2D eigenvalue weighted by Crippen LogP contribution is 2.35. The van der Waals surface area contributed by atoms with Gasteiger partial charge in [-0.3, -0.25) is 24.5 Å². The summed E-state index contributed by atoms with van der Waals surface area (Å²) in [4.78, 5) is 38.1. The number of amides is 2. The van der Waals surface area contributed by atoms with Gasteiger partial charge in [0.05, 0.1) is 71.3 Å². The molecule has 1 aliphatic rings. The number of anilines is 2. The van der Waals surface area contributed by atoms with Gasteiger partial charge in [-0.05, 0) is 32.9 Å². The van der Waals surface area contributed by atoms with Crippen LogP contribution < -0.4 is 15.4 Å². The largest absolute Gasteiger partial charge is 0.496 e. The summed E-state index contributed by atoms with van der Waals surface area (Å²) in [6, 6.07) is 3.50. The van der Waals surface area contributed by atoms with Crippen molar-refractivity contribution in [3.63, 3.8) is 0 Å². The van der Waals surface area contributed by atoms with Gasteiger partial charge in [0.2, 0.25) is 5.91 Å². The van der Waals surface area contributed by atoms with Gasteiger partial charge in [0.15, 0.2) is 0 Å². The summed E-state index contributed by atoms with van der Waals surface area (Å²) in [5.41, 5.74) is 2.89. The second-order valence-electron chi connectivity index (χ2n) is 9.29. The number of nitrogens with zero attached hydrogens (tertiary/aromatic N) is 5. The van der Waals surface area contributed by atoms with Gasteiger partial charge in [0, 0.05) is 31.7 Å². The summed E-state index contributed by atoms with van der Waals surface area (Å²) < 4.78 is 12.8. The lowest BCUT2D eigenvalue weighted by Crippen LogP contribution is -2.48. The van der Waals surface area contributed by atoms with Crippen molar-refractivity contribution in [1.29, 1.82) is 0 Å². The van der Waals surface area contributed by atoms with E-state index in [-0.39, 0.29) is 30.6 Å². The first-order valence-electron chi connectivity index (χ1n) is 12.2. The van der Waals surface area contributed by atoms with Crippen LogP contribution in [0.15, 0.2) is 43.1 Å². The molecule has 5 rings (SSSR count). The van der Waals surface area contributed by atoms with Crippen molar-refractivity contribution in [2.24, 2.45) is 0 Å². The Labute approximate surface area is 223 Å². The van der Waals surface area contributed by atoms with Crippen molar-refractivity contribution < 1.29 is 19.1 Å². The number of rotatable bonds is 7. The maximum atomic E-state index is 13.2. The smallest absolute Gasteiger partial charge is 0.260 e. The highest BCUT2D eigenvalue weighted by atomic mass is 32.1. The van der Waals surface area contributed by atoms with Gasteiger partial charge in [-0.2, -0.15) is 5.10 Å². The van der Waals surface area contributed by atoms with E-state index in [1.807, 2.05) is 20.0 Å². The number of carbonyl (C=O) groups excluding carboxylic acids is 2. The fraction of sp³-hybridized carbons (Fsp3) is 0.346. The van der Waals surface area contributed by atoms with Crippen LogP contribution in [0.2, 0.25) is 0 Å². The first-order chi connectivity index (χ1) is 18.3. The Bertz CT molecular complexity index is 1470. The maximum absolute atomic E-state index is 13.2. The monoisotopic (exact) mass is 535 g/mol. The Morgan fingerprint density at radius 2 is 1.97 bits per heavy atom. The Morgan fingerprint density at radius 1 is 1.18 bits per heavy atom. The van der Waals surface area contributed by atoms with Crippen molar-refractivity contribution in [3.05, 3.63) is 54.4 Å². The molecule has 1 aliphatic heterocycles. The Kier molecular flexibility index (Phi) is 7.36. The molecule has 12 heteroatoms. The molecule has 0 bridgehead atoms. The van der Waals surface area contributed by atoms with Gasteiger partial charge in [-0.25, -0.2) is 4.52 Å². The number of thiazole rings is 1. The number of ether oxygens (including phenoxy) is 2. The lowest BCUT2D eigenvalue weighted by Gasteiger charge is -2.34. The minimum atomic E-state index is -0.323. The van der Waals surface area contributed by atoms with Gasteiger partial charge < -0.3 is 20.1 Å². The molecule has 11 nitrogen and oxygen atoms in total. The maximum Gasteiger partial charge on any atom is 0.260 e. The van der Waals surface area contributed by atoms with Gasteiger partial charge in [0.25, 0.3) is 5.91 Å². The predicted molar refractivity (Wildman–Crippen MR) is 145 cm³/mol. The topological polar surface area (TPSA) is 123 Å². The fourth-order valence-electron chi connectivity index (χ4n) is 4.55. The van der Waals surface area contributed by atoms with Crippen molar-refractivity contribution in [2.45, 2.75) is 33.0 Å². The third kappa shape index (κ3) is 5.52. The third-order valence-electron chi connectivity index (χ3n) is 6.19. The van der Waals surface area contributed by atoms with E-state index in [1.165, 1.54) is 17.5 Å². The van der Waals surface area contributed by atoms with Crippen LogP contribution in [0.4, 0.5) is 11.4 Å². The summed E-state index contributed by atoms with van der Waals surface area (Å²) >= 11 is 1.42. The molecule has 0 aromatic carbocycles. The average Bonchev–Trinajstić information content (AvgIpc) is 3.46. The van der Waals surface area contributed by atoms with E-state index in [0.717, 1.165) is 10.4 Å². The van der Waals surface area contributed by atoms with Crippen molar-refractivity contribution in [1.82, 2.24) is 24.5 Å². The number of hydrogen-bond acceptors (Lipinski definition) is 9. The van der Waals surface area contributed by atoms with Crippen molar-refractivity contribution >= 4 is 39.4 Å². The zero-order chi connectivity index (χ0) is 26.8. The summed E-state index contributed by atoms with van der Waals surface area (Å²) in [6.45, 7) is 7.45. The lowest BCUT2D eigenvalue weighted by molar-refractivity contribution is -0.121. The number of pyridine rings is 2. The van der Waals surface area contributed by atoms with Crippen LogP contribution in [0, 0.1) is 6.92 Å². The second-order valence-corrected chi connectivity index (χ2v) is 10.3. The lowest BCUT2D eigenvalue weighted by atomic mass is 10.2.